The Morgan fingerprint density at radius 3 is 2.50 bits per heavy atom. The van der Waals surface area contributed by atoms with E-state index in [0.29, 0.717) is 12.2 Å². The Hall–Kier alpha value is -2.43. The summed E-state index contributed by atoms with van der Waals surface area (Å²) in [6.45, 7) is 2.61. The fraction of sp³-hybridized carbons (Fsp3) is 0.235. The molecule has 2 aromatic carbocycles. The summed E-state index contributed by atoms with van der Waals surface area (Å²) in [5.41, 5.74) is 2.53. The molecule has 0 fully saturated rings. The second-order valence-electron chi connectivity index (χ2n) is 5.09. The summed E-state index contributed by atoms with van der Waals surface area (Å²) in [7, 11) is 0. The molecular formula is C17H17F2NO2. The standard InChI is InChI=1S/C17H17F2NO2/c1-12-4-2-3-5-13(12)11-20(9-8-17(21)22)14-6-7-15(18)16(19)10-14/h2-7,10H,8-9,11H2,1H3,(H,21,22). The third-order valence-corrected chi connectivity index (χ3v) is 3.49. The molecule has 2 aromatic rings. The van der Waals surface area contributed by atoms with Crippen molar-refractivity contribution < 1.29 is 18.7 Å². The number of halogens is 2. The van der Waals surface area contributed by atoms with Crippen LogP contribution >= 0.6 is 0 Å². The average Bonchev–Trinajstić information content (AvgIpc) is 2.48. The van der Waals surface area contributed by atoms with Gasteiger partial charge in [0.05, 0.1) is 6.42 Å². The van der Waals surface area contributed by atoms with Gasteiger partial charge in [-0.25, -0.2) is 8.78 Å². The third-order valence-electron chi connectivity index (χ3n) is 3.49. The summed E-state index contributed by atoms with van der Waals surface area (Å²) >= 11 is 0. The Kier molecular flexibility index (Phi) is 5.09. The van der Waals surface area contributed by atoms with Gasteiger partial charge in [-0.15, -0.1) is 0 Å². The van der Waals surface area contributed by atoms with Gasteiger partial charge >= 0.3 is 5.97 Å². The van der Waals surface area contributed by atoms with E-state index in [9.17, 15) is 13.6 Å². The number of rotatable bonds is 6. The van der Waals surface area contributed by atoms with Crippen molar-refractivity contribution in [1.82, 2.24) is 0 Å². The molecular weight excluding hydrogens is 288 g/mol. The summed E-state index contributed by atoms with van der Waals surface area (Å²) in [6.07, 6.45) is -0.0785. The first-order chi connectivity index (χ1) is 10.5. The molecule has 22 heavy (non-hydrogen) atoms. The molecule has 0 radical (unpaired) electrons. The fourth-order valence-electron chi connectivity index (χ4n) is 2.20. The number of hydrogen-bond acceptors (Lipinski definition) is 2. The minimum Gasteiger partial charge on any atom is -0.481 e. The SMILES string of the molecule is Cc1ccccc1CN(CCC(=O)O)c1ccc(F)c(F)c1. The van der Waals surface area contributed by atoms with E-state index < -0.39 is 17.6 Å². The highest BCUT2D eigenvalue weighted by Crippen LogP contribution is 2.21. The second-order valence-corrected chi connectivity index (χ2v) is 5.09. The summed E-state index contributed by atoms with van der Waals surface area (Å²) < 4.78 is 26.5. The predicted molar refractivity (Wildman–Crippen MR) is 80.8 cm³/mol. The van der Waals surface area contributed by atoms with Crippen molar-refractivity contribution in [3.63, 3.8) is 0 Å². The lowest BCUT2D eigenvalue weighted by Gasteiger charge is -2.25. The van der Waals surface area contributed by atoms with Crippen molar-refractivity contribution in [3.8, 4) is 0 Å². The van der Waals surface area contributed by atoms with E-state index in [0.717, 1.165) is 23.3 Å². The molecule has 0 aliphatic rings. The zero-order chi connectivity index (χ0) is 16.1. The number of carboxylic acids is 1. The van der Waals surface area contributed by atoms with Crippen molar-refractivity contribution in [3.05, 3.63) is 65.2 Å². The van der Waals surface area contributed by atoms with Crippen LogP contribution in [0.1, 0.15) is 17.5 Å². The molecule has 0 heterocycles. The van der Waals surface area contributed by atoms with E-state index in [1.165, 1.54) is 6.07 Å². The highest BCUT2D eigenvalue weighted by Gasteiger charge is 2.13. The molecule has 5 heteroatoms. The smallest absolute Gasteiger partial charge is 0.305 e. The van der Waals surface area contributed by atoms with Gasteiger partial charge in [-0.05, 0) is 30.2 Å². The van der Waals surface area contributed by atoms with Crippen molar-refractivity contribution in [2.75, 3.05) is 11.4 Å². The first kappa shape index (κ1) is 15.9. The Balaban J connectivity index is 2.27. The molecule has 0 amide bonds. The van der Waals surface area contributed by atoms with Crippen LogP contribution in [0.15, 0.2) is 42.5 Å². The Morgan fingerprint density at radius 2 is 1.86 bits per heavy atom. The van der Waals surface area contributed by atoms with Crippen LogP contribution in [0.4, 0.5) is 14.5 Å². The van der Waals surface area contributed by atoms with E-state index in [1.54, 1.807) is 4.90 Å². The molecule has 0 saturated heterocycles. The van der Waals surface area contributed by atoms with E-state index >= 15 is 0 Å². The number of aliphatic carboxylic acids is 1. The van der Waals surface area contributed by atoms with Crippen LogP contribution in [0.5, 0.6) is 0 Å². The highest BCUT2D eigenvalue weighted by atomic mass is 19.2. The predicted octanol–water partition coefficient (Wildman–Crippen LogP) is 3.75. The van der Waals surface area contributed by atoms with Gasteiger partial charge in [0, 0.05) is 24.8 Å². The molecule has 0 aliphatic carbocycles. The lowest BCUT2D eigenvalue weighted by atomic mass is 10.1. The largest absolute Gasteiger partial charge is 0.481 e. The zero-order valence-electron chi connectivity index (χ0n) is 12.2. The molecule has 0 unspecified atom stereocenters. The average molecular weight is 305 g/mol. The number of hydrogen-bond donors (Lipinski definition) is 1. The van der Waals surface area contributed by atoms with Crippen LogP contribution in [0.25, 0.3) is 0 Å². The molecule has 116 valence electrons. The maximum absolute atomic E-state index is 13.4. The number of carboxylic acid groups (broad SMARTS) is 1. The Morgan fingerprint density at radius 1 is 1.14 bits per heavy atom. The van der Waals surface area contributed by atoms with Gasteiger partial charge < -0.3 is 10.0 Å². The van der Waals surface area contributed by atoms with Crippen molar-refractivity contribution in [2.24, 2.45) is 0 Å². The molecule has 3 nitrogen and oxygen atoms in total. The second kappa shape index (κ2) is 7.02. The topological polar surface area (TPSA) is 40.5 Å². The lowest BCUT2D eigenvalue weighted by molar-refractivity contribution is -0.136. The molecule has 2 rings (SSSR count). The number of nitrogens with zero attached hydrogens (tertiary/aromatic N) is 1. The van der Waals surface area contributed by atoms with E-state index in [2.05, 4.69) is 0 Å². The molecule has 1 N–H and O–H groups in total. The van der Waals surface area contributed by atoms with Crippen molar-refractivity contribution in [1.29, 1.82) is 0 Å². The van der Waals surface area contributed by atoms with Crippen LogP contribution in [0.3, 0.4) is 0 Å². The summed E-state index contributed by atoms with van der Waals surface area (Å²) in [6, 6.07) is 11.3. The highest BCUT2D eigenvalue weighted by molar-refractivity contribution is 5.67. The van der Waals surface area contributed by atoms with Crippen LogP contribution in [-0.2, 0) is 11.3 Å². The van der Waals surface area contributed by atoms with Crippen LogP contribution in [0.2, 0.25) is 0 Å². The number of benzene rings is 2. The van der Waals surface area contributed by atoms with Gasteiger partial charge in [0.2, 0.25) is 0 Å². The zero-order valence-corrected chi connectivity index (χ0v) is 12.2. The normalized spacial score (nSPS) is 10.5. The molecule has 0 aliphatic heterocycles. The van der Waals surface area contributed by atoms with Gasteiger partial charge in [-0.2, -0.15) is 0 Å². The van der Waals surface area contributed by atoms with Crippen molar-refractivity contribution >= 4 is 11.7 Å². The first-order valence-electron chi connectivity index (χ1n) is 6.93. The van der Waals surface area contributed by atoms with Crippen LogP contribution < -0.4 is 4.90 Å². The molecule has 0 spiro atoms. The molecule has 0 bridgehead atoms. The maximum atomic E-state index is 13.4. The van der Waals surface area contributed by atoms with E-state index in [-0.39, 0.29) is 13.0 Å². The Bertz CT molecular complexity index is 673. The number of anilines is 1. The first-order valence-corrected chi connectivity index (χ1v) is 6.93. The summed E-state index contributed by atoms with van der Waals surface area (Å²) in [5.74, 6) is -2.79. The quantitative estimate of drug-likeness (QED) is 0.883. The maximum Gasteiger partial charge on any atom is 0.305 e. The van der Waals surface area contributed by atoms with Gasteiger partial charge in [0.25, 0.3) is 0 Å². The molecule has 0 aromatic heterocycles. The minimum atomic E-state index is -0.942. The van der Waals surface area contributed by atoms with Crippen LogP contribution in [-0.4, -0.2) is 17.6 Å². The lowest BCUT2D eigenvalue weighted by Crippen LogP contribution is -2.26. The number of carbonyl (C=O) groups is 1. The van der Waals surface area contributed by atoms with Gasteiger partial charge in [-0.3, -0.25) is 4.79 Å². The van der Waals surface area contributed by atoms with Gasteiger partial charge in [0.15, 0.2) is 11.6 Å². The molecule has 0 atom stereocenters. The summed E-state index contributed by atoms with van der Waals surface area (Å²) in [5, 5.41) is 8.87. The van der Waals surface area contributed by atoms with Gasteiger partial charge in [-0.1, -0.05) is 24.3 Å². The third kappa shape index (κ3) is 4.04. The number of aryl methyl sites for hydroxylation is 1. The van der Waals surface area contributed by atoms with Crippen LogP contribution in [0, 0.1) is 18.6 Å². The van der Waals surface area contributed by atoms with E-state index in [4.69, 9.17) is 5.11 Å². The van der Waals surface area contributed by atoms with Crippen molar-refractivity contribution in [2.45, 2.75) is 19.9 Å². The summed E-state index contributed by atoms with van der Waals surface area (Å²) in [4.78, 5) is 12.5. The molecule has 0 saturated carbocycles. The fourth-order valence-corrected chi connectivity index (χ4v) is 2.20. The monoisotopic (exact) mass is 305 g/mol. The minimum absolute atomic E-state index is 0.0785. The Labute approximate surface area is 127 Å². The van der Waals surface area contributed by atoms with E-state index in [1.807, 2.05) is 31.2 Å². The van der Waals surface area contributed by atoms with Gasteiger partial charge in [0.1, 0.15) is 0 Å².